The van der Waals surface area contributed by atoms with E-state index in [1.165, 1.54) is 0 Å². The van der Waals surface area contributed by atoms with Crippen molar-refractivity contribution in [3.05, 3.63) is 30.5 Å². The minimum Gasteiger partial charge on any atom is -0.291 e. The van der Waals surface area contributed by atoms with Crippen LogP contribution in [0.15, 0.2) is 30.5 Å². The molecule has 3 rings (SSSR count). The van der Waals surface area contributed by atoms with Gasteiger partial charge in [0.15, 0.2) is 0 Å². The number of benzene rings is 1. The lowest BCUT2D eigenvalue weighted by molar-refractivity contribution is 0.309. The fraction of sp³-hybridized carbons (Fsp3) is 0.250. The molecule has 0 aliphatic carbocycles. The molecular weight excluding hydrogens is 214 g/mol. The number of aromatic nitrogens is 4. The monoisotopic (exact) mass is 227 g/mol. The van der Waals surface area contributed by atoms with E-state index in [1.54, 1.807) is 6.20 Å². The molecular formula is C12H13N5. The minimum absolute atomic E-state index is 0.717. The van der Waals surface area contributed by atoms with E-state index in [0.717, 1.165) is 28.6 Å². The van der Waals surface area contributed by atoms with Crippen LogP contribution < -0.4 is 0 Å². The molecule has 17 heavy (non-hydrogen) atoms. The van der Waals surface area contributed by atoms with Crippen LogP contribution in [0, 0.1) is 0 Å². The van der Waals surface area contributed by atoms with Crippen molar-refractivity contribution >= 4 is 21.9 Å². The first kappa shape index (κ1) is 10.2. The van der Waals surface area contributed by atoms with E-state index >= 15 is 0 Å². The quantitative estimate of drug-likeness (QED) is 0.665. The molecule has 0 atom stereocenters. The van der Waals surface area contributed by atoms with Crippen LogP contribution in [0.25, 0.3) is 21.9 Å². The number of fused-ring (bicyclic) bond motifs is 3. The smallest absolute Gasteiger partial charge is 0.139 e. The summed E-state index contributed by atoms with van der Waals surface area (Å²) in [6.07, 6.45) is 1.78. The Labute approximate surface area is 98.7 Å². The number of pyridine rings is 1. The van der Waals surface area contributed by atoms with Crippen LogP contribution in [0.2, 0.25) is 0 Å². The van der Waals surface area contributed by atoms with E-state index in [9.17, 15) is 0 Å². The van der Waals surface area contributed by atoms with Crippen LogP contribution in [0.5, 0.6) is 0 Å². The van der Waals surface area contributed by atoms with E-state index in [-0.39, 0.29) is 0 Å². The van der Waals surface area contributed by atoms with Crippen molar-refractivity contribution in [3.8, 4) is 0 Å². The normalized spacial score (nSPS) is 11.7. The van der Waals surface area contributed by atoms with Crippen LogP contribution in [-0.4, -0.2) is 39.0 Å². The standard InChI is InChI=1S/C12H13N5/c1-16(2)8-17-10-6-5-9-4-3-7-13-11(9)12(10)14-15-17/h3-7H,8H2,1-2H3. The number of rotatable bonds is 2. The third-order valence-electron chi connectivity index (χ3n) is 2.67. The van der Waals surface area contributed by atoms with Gasteiger partial charge in [0.2, 0.25) is 0 Å². The lowest BCUT2D eigenvalue weighted by atomic mass is 10.2. The van der Waals surface area contributed by atoms with Crippen molar-refractivity contribution in [2.24, 2.45) is 0 Å². The minimum atomic E-state index is 0.717. The molecule has 0 radical (unpaired) electrons. The van der Waals surface area contributed by atoms with Crippen LogP contribution in [0.1, 0.15) is 0 Å². The van der Waals surface area contributed by atoms with E-state index in [1.807, 2.05) is 37.0 Å². The first-order valence-corrected chi connectivity index (χ1v) is 5.47. The molecule has 5 heteroatoms. The van der Waals surface area contributed by atoms with Crippen LogP contribution in [-0.2, 0) is 6.67 Å². The highest BCUT2D eigenvalue weighted by Crippen LogP contribution is 2.20. The Hall–Kier alpha value is -2.01. The zero-order valence-electron chi connectivity index (χ0n) is 9.83. The maximum atomic E-state index is 4.37. The Morgan fingerprint density at radius 1 is 1.18 bits per heavy atom. The molecule has 1 aromatic carbocycles. The van der Waals surface area contributed by atoms with Gasteiger partial charge in [0, 0.05) is 11.6 Å². The molecule has 3 aromatic rings. The third-order valence-corrected chi connectivity index (χ3v) is 2.67. The highest BCUT2D eigenvalue weighted by molar-refractivity contribution is 6.00. The third kappa shape index (κ3) is 1.64. The van der Waals surface area contributed by atoms with Gasteiger partial charge in [-0.2, -0.15) is 0 Å². The summed E-state index contributed by atoms with van der Waals surface area (Å²) >= 11 is 0. The molecule has 0 unspecified atom stereocenters. The maximum Gasteiger partial charge on any atom is 0.139 e. The van der Waals surface area contributed by atoms with Gasteiger partial charge in [-0.3, -0.25) is 9.88 Å². The molecule has 2 heterocycles. The Kier molecular flexibility index (Phi) is 2.26. The van der Waals surface area contributed by atoms with Crippen molar-refractivity contribution < 1.29 is 0 Å². The summed E-state index contributed by atoms with van der Waals surface area (Å²) in [6, 6.07) is 8.06. The van der Waals surface area contributed by atoms with Gasteiger partial charge in [-0.1, -0.05) is 17.3 Å². The first-order valence-electron chi connectivity index (χ1n) is 5.47. The Morgan fingerprint density at radius 2 is 2.06 bits per heavy atom. The topological polar surface area (TPSA) is 46.8 Å². The van der Waals surface area contributed by atoms with Gasteiger partial charge in [-0.25, -0.2) is 4.68 Å². The zero-order chi connectivity index (χ0) is 11.8. The second kappa shape index (κ2) is 3.78. The predicted molar refractivity (Wildman–Crippen MR) is 66.5 cm³/mol. The maximum absolute atomic E-state index is 4.37. The SMILES string of the molecule is CN(C)Cn1nnc2c3ncccc3ccc21. The Morgan fingerprint density at radius 3 is 2.88 bits per heavy atom. The summed E-state index contributed by atoms with van der Waals surface area (Å²) in [7, 11) is 4.01. The van der Waals surface area contributed by atoms with Gasteiger partial charge in [-0.05, 0) is 26.2 Å². The fourth-order valence-corrected chi connectivity index (χ4v) is 1.95. The number of hydrogen-bond acceptors (Lipinski definition) is 4. The molecule has 0 N–H and O–H groups in total. The highest BCUT2D eigenvalue weighted by Gasteiger charge is 2.08. The van der Waals surface area contributed by atoms with Crippen LogP contribution >= 0.6 is 0 Å². The first-order chi connectivity index (χ1) is 8.25. The summed E-state index contributed by atoms with van der Waals surface area (Å²) < 4.78 is 1.88. The molecule has 86 valence electrons. The molecule has 0 fully saturated rings. The van der Waals surface area contributed by atoms with Gasteiger partial charge in [0.25, 0.3) is 0 Å². The molecule has 2 aromatic heterocycles. The van der Waals surface area contributed by atoms with Gasteiger partial charge in [0.1, 0.15) is 5.52 Å². The Bertz CT molecular complexity index is 671. The summed E-state index contributed by atoms with van der Waals surface area (Å²) in [6.45, 7) is 0.717. The van der Waals surface area contributed by atoms with E-state index < -0.39 is 0 Å². The summed E-state index contributed by atoms with van der Waals surface area (Å²) in [5.41, 5.74) is 2.80. The highest BCUT2D eigenvalue weighted by atomic mass is 15.5. The van der Waals surface area contributed by atoms with Crippen molar-refractivity contribution in [2.45, 2.75) is 6.67 Å². The molecule has 0 saturated heterocycles. The van der Waals surface area contributed by atoms with Crippen molar-refractivity contribution in [2.75, 3.05) is 14.1 Å². The molecule has 5 nitrogen and oxygen atoms in total. The zero-order valence-corrected chi connectivity index (χ0v) is 9.83. The molecule has 0 aliphatic heterocycles. The average Bonchev–Trinajstić information content (AvgIpc) is 2.72. The van der Waals surface area contributed by atoms with Crippen LogP contribution in [0.3, 0.4) is 0 Å². The van der Waals surface area contributed by atoms with E-state index in [4.69, 9.17) is 0 Å². The largest absolute Gasteiger partial charge is 0.291 e. The molecule has 0 saturated carbocycles. The average molecular weight is 227 g/mol. The number of nitrogens with zero attached hydrogens (tertiary/aromatic N) is 5. The predicted octanol–water partition coefficient (Wildman–Crippen LogP) is 1.50. The van der Waals surface area contributed by atoms with E-state index in [2.05, 4.69) is 26.3 Å². The van der Waals surface area contributed by atoms with Crippen molar-refractivity contribution in [3.63, 3.8) is 0 Å². The summed E-state index contributed by atoms with van der Waals surface area (Å²) in [5, 5.41) is 9.49. The van der Waals surface area contributed by atoms with Gasteiger partial charge < -0.3 is 0 Å². The van der Waals surface area contributed by atoms with Crippen molar-refractivity contribution in [1.29, 1.82) is 0 Å². The fourth-order valence-electron chi connectivity index (χ4n) is 1.95. The number of hydrogen-bond donors (Lipinski definition) is 0. The molecule has 0 spiro atoms. The molecule has 0 amide bonds. The second-order valence-corrected chi connectivity index (χ2v) is 4.32. The summed E-state index contributed by atoms with van der Waals surface area (Å²) in [5.74, 6) is 0. The second-order valence-electron chi connectivity index (χ2n) is 4.32. The van der Waals surface area contributed by atoms with Gasteiger partial charge >= 0.3 is 0 Å². The lowest BCUT2D eigenvalue weighted by Crippen LogP contribution is -2.17. The lowest BCUT2D eigenvalue weighted by Gasteiger charge is -2.09. The van der Waals surface area contributed by atoms with Gasteiger partial charge in [0.05, 0.1) is 17.7 Å². The van der Waals surface area contributed by atoms with Crippen molar-refractivity contribution in [1.82, 2.24) is 24.9 Å². The van der Waals surface area contributed by atoms with Crippen LogP contribution in [0.4, 0.5) is 0 Å². The molecule has 0 aliphatic rings. The van der Waals surface area contributed by atoms with Gasteiger partial charge in [-0.15, -0.1) is 5.10 Å². The Balaban J connectivity index is 2.27. The summed E-state index contributed by atoms with van der Waals surface area (Å²) in [4.78, 5) is 6.42. The van der Waals surface area contributed by atoms with E-state index in [0.29, 0.717) is 0 Å². The molecule has 0 bridgehead atoms.